The number of nitrogens with zero attached hydrogens (tertiary/aromatic N) is 1. The predicted octanol–water partition coefficient (Wildman–Crippen LogP) is 3.38. The highest BCUT2D eigenvalue weighted by molar-refractivity contribution is 5.79. The molecular weight excluding hydrogens is 310 g/mol. The Hall–Kier alpha value is -1.55. The van der Waals surface area contributed by atoms with Crippen LogP contribution in [0.2, 0.25) is 0 Å². The molecule has 138 valence electrons. The third kappa shape index (κ3) is 4.97. The fourth-order valence-electron chi connectivity index (χ4n) is 3.90. The molecular formula is C21H33N3O. The van der Waals surface area contributed by atoms with Crippen molar-refractivity contribution in [2.45, 2.75) is 44.9 Å². The van der Waals surface area contributed by atoms with Gasteiger partial charge in [-0.25, -0.2) is 0 Å². The SMILES string of the molecule is CN=C(NCC1(CCOC)CCC1)NCC1(Cc2ccccc2)CC1. The van der Waals surface area contributed by atoms with Gasteiger partial charge in [-0.1, -0.05) is 36.8 Å². The topological polar surface area (TPSA) is 45.7 Å². The van der Waals surface area contributed by atoms with Crippen molar-refractivity contribution < 1.29 is 4.74 Å². The average molecular weight is 344 g/mol. The van der Waals surface area contributed by atoms with Crippen LogP contribution < -0.4 is 10.6 Å². The lowest BCUT2D eigenvalue weighted by atomic mass is 9.67. The van der Waals surface area contributed by atoms with Crippen molar-refractivity contribution in [3.05, 3.63) is 35.9 Å². The first-order chi connectivity index (χ1) is 12.2. The summed E-state index contributed by atoms with van der Waals surface area (Å²) >= 11 is 0. The quantitative estimate of drug-likeness (QED) is 0.534. The van der Waals surface area contributed by atoms with E-state index >= 15 is 0 Å². The molecule has 0 amide bonds. The molecule has 0 radical (unpaired) electrons. The number of aliphatic imine (C=N–C) groups is 1. The van der Waals surface area contributed by atoms with Gasteiger partial charge in [-0.15, -0.1) is 0 Å². The number of hydrogen-bond donors (Lipinski definition) is 2. The van der Waals surface area contributed by atoms with Gasteiger partial charge < -0.3 is 15.4 Å². The zero-order chi connectivity index (χ0) is 17.6. The van der Waals surface area contributed by atoms with E-state index in [4.69, 9.17) is 4.74 Å². The van der Waals surface area contributed by atoms with Gasteiger partial charge in [0.2, 0.25) is 0 Å². The summed E-state index contributed by atoms with van der Waals surface area (Å²) in [7, 11) is 3.66. The van der Waals surface area contributed by atoms with Crippen molar-refractivity contribution in [3.8, 4) is 0 Å². The van der Waals surface area contributed by atoms with Crippen LogP contribution in [-0.2, 0) is 11.2 Å². The molecule has 0 spiro atoms. The number of nitrogens with one attached hydrogen (secondary N) is 2. The Morgan fingerprint density at radius 3 is 2.24 bits per heavy atom. The maximum atomic E-state index is 5.29. The second-order valence-corrected chi connectivity index (χ2v) is 8.04. The smallest absolute Gasteiger partial charge is 0.191 e. The van der Waals surface area contributed by atoms with Crippen molar-refractivity contribution in [2.24, 2.45) is 15.8 Å². The molecule has 2 saturated carbocycles. The van der Waals surface area contributed by atoms with E-state index in [-0.39, 0.29) is 0 Å². The van der Waals surface area contributed by atoms with Crippen molar-refractivity contribution in [1.29, 1.82) is 0 Å². The highest BCUT2D eigenvalue weighted by atomic mass is 16.5. The molecule has 0 heterocycles. The van der Waals surface area contributed by atoms with Crippen LogP contribution in [0.1, 0.15) is 44.1 Å². The first-order valence-corrected chi connectivity index (χ1v) is 9.67. The summed E-state index contributed by atoms with van der Waals surface area (Å²) in [5.74, 6) is 0.947. The van der Waals surface area contributed by atoms with E-state index in [1.165, 1.54) is 37.7 Å². The molecule has 2 N–H and O–H groups in total. The first kappa shape index (κ1) is 18.2. The summed E-state index contributed by atoms with van der Waals surface area (Å²) in [6, 6.07) is 10.8. The molecule has 0 atom stereocenters. The summed E-state index contributed by atoms with van der Waals surface area (Å²) in [5.41, 5.74) is 2.27. The minimum absolute atomic E-state index is 0.412. The average Bonchev–Trinajstić information content (AvgIpc) is 3.36. The standard InChI is InChI=1S/C21H33N3O/c1-22-19(23-16-20(9-6-10-20)13-14-25-2)24-17-21(11-12-21)15-18-7-4-3-5-8-18/h3-5,7-8H,6,9-17H2,1-2H3,(H2,22,23,24). The Morgan fingerprint density at radius 1 is 1.04 bits per heavy atom. The molecule has 2 fully saturated rings. The fraction of sp³-hybridized carbons (Fsp3) is 0.667. The van der Waals surface area contributed by atoms with E-state index in [0.29, 0.717) is 10.8 Å². The van der Waals surface area contributed by atoms with Crippen LogP contribution in [0.15, 0.2) is 35.3 Å². The number of ether oxygens (including phenoxy) is 1. The molecule has 1 aromatic rings. The number of benzene rings is 1. The van der Waals surface area contributed by atoms with Gasteiger partial charge in [0.25, 0.3) is 0 Å². The van der Waals surface area contributed by atoms with Crippen LogP contribution in [0.3, 0.4) is 0 Å². The molecule has 4 nitrogen and oxygen atoms in total. The van der Waals surface area contributed by atoms with Crippen LogP contribution >= 0.6 is 0 Å². The van der Waals surface area contributed by atoms with E-state index in [0.717, 1.165) is 38.5 Å². The Labute approximate surface area is 152 Å². The van der Waals surface area contributed by atoms with Crippen molar-refractivity contribution >= 4 is 5.96 Å². The third-order valence-corrected chi connectivity index (χ3v) is 6.12. The second kappa shape index (κ2) is 8.22. The second-order valence-electron chi connectivity index (χ2n) is 8.04. The Balaban J connectivity index is 1.45. The molecule has 4 heteroatoms. The van der Waals surface area contributed by atoms with Crippen molar-refractivity contribution in [2.75, 3.05) is 33.9 Å². The Morgan fingerprint density at radius 2 is 1.72 bits per heavy atom. The maximum absolute atomic E-state index is 5.29. The maximum Gasteiger partial charge on any atom is 0.191 e. The minimum atomic E-state index is 0.412. The summed E-state index contributed by atoms with van der Waals surface area (Å²) in [4.78, 5) is 4.43. The van der Waals surface area contributed by atoms with E-state index < -0.39 is 0 Å². The number of methoxy groups -OCH3 is 1. The van der Waals surface area contributed by atoms with Crippen LogP contribution in [0.4, 0.5) is 0 Å². The van der Waals surface area contributed by atoms with Crippen molar-refractivity contribution in [1.82, 2.24) is 10.6 Å². The van der Waals surface area contributed by atoms with Gasteiger partial charge in [0.1, 0.15) is 0 Å². The fourth-order valence-corrected chi connectivity index (χ4v) is 3.90. The zero-order valence-electron chi connectivity index (χ0n) is 15.8. The molecule has 2 aliphatic carbocycles. The highest BCUT2D eigenvalue weighted by Crippen LogP contribution is 2.47. The molecule has 0 saturated heterocycles. The van der Waals surface area contributed by atoms with Crippen molar-refractivity contribution in [3.63, 3.8) is 0 Å². The predicted molar refractivity (Wildman–Crippen MR) is 104 cm³/mol. The van der Waals surface area contributed by atoms with Crippen LogP contribution in [0.25, 0.3) is 0 Å². The van der Waals surface area contributed by atoms with E-state index in [9.17, 15) is 0 Å². The van der Waals surface area contributed by atoms with E-state index in [2.05, 4.69) is 46.0 Å². The van der Waals surface area contributed by atoms with Gasteiger partial charge in [0.15, 0.2) is 5.96 Å². The van der Waals surface area contributed by atoms with Gasteiger partial charge in [0, 0.05) is 33.9 Å². The van der Waals surface area contributed by atoms with Crippen LogP contribution in [-0.4, -0.2) is 39.8 Å². The van der Waals surface area contributed by atoms with Gasteiger partial charge in [0.05, 0.1) is 0 Å². The summed E-state index contributed by atoms with van der Waals surface area (Å²) < 4.78 is 5.29. The molecule has 0 aromatic heterocycles. The van der Waals surface area contributed by atoms with Crippen LogP contribution in [0, 0.1) is 10.8 Å². The molecule has 0 bridgehead atoms. The summed E-state index contributed by atoms with van der Waals surface area (Å²) in [6.07, 6.45) is 8.88. The summed E-state index contributed by atoms with van der Waals surface area (Å²) in [6.45, 7) is 2.86. The lowest BCUT2D eigenvalue weighted by molar-refractivity contribution is 0.0732. The third-order valence-electron chi connectivity index (χ3n) is 6.12. The zero-order valence-corrected chi connectivity index (χ0v) is 15.8. The first-order valence-electron chi connectivity index (χ1n) is 9.67. The number of hydrogen-bond acceptors (Lipinski definition) is 2. The Kier molecular flexibility index (Phi) is 6.00. The van der Waals surface area contributed by atoms with Crippen LogP contribution in [0.5, 0.6) is 0 Å². The van der Waals surface area contributed by atoms with Gasteiger partial charge in [-0.05, 0) is 54.9 Å². The van der Waals surface area contributed by atoms with E-state index in [1.807, 2.05) is 7.05 Å². The molecule has 0 unspecified atom stereocenters. The molecule has 2 aliphatic rings. The molecule has 25 heavy (non-hydrogen) atoms. The lowest BCUT2D eigenvalue weighted by Gasteiger charge is -2.42. The van der Waals surface area contributed by atoms with Gasteiger partial charge >= 0.3 is 0 Å². The molecule has 1 aromatic carbocycles. The van der Waals surface area contributed by atoms with Gasteiger partial charge in [-0.2, -0.15) is 0 Å². The monoisotopic (exact) mass is 343 g/mol. The van der Waals surface area contributed by atoms with Gasteiger partial charge in [-0.3, -0.25) is 4.99 Å². The normalized spacial score (nSPS) is 20.6. The number of rotatable bonds is 9. The summed E-state index contributed by atoms with van der Waals surface area (Å²) in [5, 5.41) is 7.15. The molecule has 0 aliphatic heterocycles. The lowest BCUT2D eigenvalue weighted by Crippen LogP contribution is -2.48. The number of guanidine groups is 1. The minimum Gasteiger partial charge on any atom is -0.385 e. The Bertz CT molecular complexity index is 562. The largest absolute Gasteiger partial charge is 0.385 e. The highest BCUT2D eigenvalue weighted by Gasteiger charge is 2.42. The van der Waals surface area contributed by atoms with E-state index in [1.54, 1.807) is 7.11 Å². The molecule has 3 rings (SSSR count).